The molecule has 0 aliphatic carbocycles. The van der Waals surface area contributed by atoms with E-state index >= 15 is 0 Å². The third kappa shape index (κ3) is 8.37. The van der Waals surface area contributed by atoms with Gasteiger partial charge in [0, 0.05) is 6.54 Å². The van der Waals surface area contributed by atoms with E-state index in [2.05, 4.69) is 18.5 Å². The van der Waals surface area contributed by atoms with Gasteiger partial charge in [-0.05, 0) is 40.5 Å². The van der Waals surface area contributed by atoms with Crippen LogP contribution >= 0.6 is 0 Å². The Bertz CT molecular complexity index is 496. The van der Waals surface area contributed by atoms with Crippen LogP contribution in [0.4, 0.5) is 4.79 Å². The van der Waals surface area contributed by atoms with Crippen molar-refractivity contribution in [2.45, 2.75) is 58.2 Å². The number of nitrogens with one attached hydrogen (secondary N) is 1. The van der Waals surface area contributed by atoms with Crippen LogP contribution in [0.2, 0.25) is 0 Å². The number of hydrogen-bond donors (Lipinski definition) is 1. The standard InChI is InChI=1S/C18H30N2O5/c1-8-10-12-20(13(3)16(22)24-7)15(21)14(11-9-2)19-17(23)25-18(4,5)6/h8-9,13-14H,1-2,10-12H2,3-7H3,(H,19,23)/t13-,14-/m0/s1. The van der Waals surface area contributed by atoms with Crippen LogP contribution in [-0.2, 0) is 19.1 Å². The quantitative estimate of drug-likeness (QED) is 0.508. The van der Waals surface area contributed by atoms with Crippen LogP contribution in [0.25, 0.3) is 0 Å². The fourth-order valence-corrected chi connectivity index (χ4v) is 2.06. The number of methoxy groups -OCH3 is 1. The molecule has 0 saturated heterocycles. The molecule has 7 heteroatoms. The van der Waals surface area contributed by atoms with E-state index in [1.807, 2.05) is 0 Å². The van der Waals surface area contributed by atoms with Gasteiger partial charge < -0.3 is 19.7 Å². The monoisotopic (exact) mass is 354 g/mol. The molecule has 7 nitrogen and oxygen atoms in total. The van der Waals surface area contributed by atoms with Crippen molar-refractivity contribution in [3.8, 4) is 0 Å². The maximum Gasteiger partial charge on any atom is 0.408 e. The molecule has 0 rings (SSSR count). The molecule has 0 aromatic heterocycles. The molecule has 0 saturated carbocycles. The Morgan fingerprint density at radius 3 is 2.24 bits per heavy atom. The minimum absolute atomic E-state index is 0.205. The van der Waals surface area contributed by atoms with E-state index in [0.29, 0.717) is 6.42 Å². The second-order valence-corrected chi connectivity index (χ2v) is 6.53. The van der Waals surface area contributed by atoms with Crippen LogP contribution in [-0.4, -0.2) is 54.2 Å². The van der Waals surface area contributed by atoms with Gasteiger partial charge in [-0.3, -0.25) is 4.79 Å². The molecule has 2 atom stereocenters. The summed E-state index contributed by atoms with van der Waals surface area (Å²) in [5, 5.41) is 2.54. The van der Waals surface area contributed by atoms with Gasteiger partial charge in [0.1, 0.15) is 17.7 Å². The van der Waals surface area contributed by atoms with Crippen molar-refractivity contribution in [3.63, 3.8) is 0 Å². The predicted molar refractivity (Wildman–Crippen MR) is 96.0 cm³/mol. The zero-order valence-electron chi connectivity index (χ0n) is 15.8. The predicted octanol–water partition coefficient (Wildman–Crippen LogP) is 2.42. The van der Waals surface area contributed by atoms with Crippen molar-refractivity contribution in [2.24, 2.45) is 0 Å². The lowest BCUT2D eigenvalue weighted by Crippen LogP contribution is -2.54. The van der Waals surface area contributed by atoms with Crippen LogP contribution in [0.15, 0.2) is 25.3 Å². The van der Waals surface area contributed by atoms with Crippen molar-refractivity contribution in [2.75, 3.05) is 13.7 Å². The summed E-state index contributed by atoms with van der Waals surface area (Å²) in [6.07, 6.45) is 3.17. The van der Waals surface area contributed by atoms with Gasteiger partial charge in [0.15, 0.2) is 0 Å². The van der Waals surface area contributed by atoms with Crippen LogP contribution in [0.1, 0.15) is 40.5 Å². The fraction of sp³-hybridized carbons (Fsp3) is 0.611. The lowest BCUT2D eigenvalue weighted by molar-refractivity contribution is -0.152. The van der Waals surface area contributed by atoms with Gasteiger partial charge in [-0.25, -0.2) is 9.59 Å². The maximum atomic E-state index is 12.9. The molecule has 1 N–H and O–H groups in total. The molecular formula is C18H30N2O5. The van der Waals surface area contributed by atoms with Gasteiger partial charge in [-0.2, -0.15) is 0 Å². The van der Waals surface area contributed by atoms with E-state index in [-0.39, 0.29) is 13.0 Å². The Morgan fingerprint density at radius 1 is 1.20 bits per heavy atom. The molecule has 0 heterocycles. The summed E-state index contributed by atoms with van der Waals surface area (Å²) in [6, 6.07) is -1.67. The summed E-state index contributed by atoms with van der Waals surface area (Å²) >= 11 is 0. The van der Waals surface area contributed by atoms with E-state index in [4.69, 9.17) is 9.47 Å². The van der Waals surface area contributed by atoms with Gasteiger partial charge in [0.2, 0.25) is 5.91 Å². The fourth-order valence-electron chi connectivity index (χ4n) is 2.06. The minimum atomic E-state index is -0.885. The molecule has 0 aliphatic rings. The molecule has 0 aliphatic heterocycles. The Balaban J connectivity index is 5.32. The van der Waals surface area contributed by atoms with Crippen LogP contribution in [0.3, 0.4) is 0 Å². The Hall–Kier alpha value is -2.31. The summed E-state index contributed by atoms with van der Waals surface area (Å²) in [5.74, 6) is -0.947. The minimum Gasteiger partial charge on any atom is -0.467 e. The molecular weight excluding hydrogens is 324 g/mol. The smallest absolute Gasteiger partial charge is 0.408 e. The summed E-state index contributed by atoms with van der Waals surface area (Å²) in [5.41, 5.74) is -0.687. The van der Waals surface area contributed by atoms with E-state index in [1.165, 1.54) is 18.1 Å². The van der Waals surface area contributed by atoms with E-state index in [0.717, 1.165) is 0 Å². The zero-order valence-corrected chi connectivity index (χ0v) is 15.8. The van der Waals surface area contributed by atoms with Gasteiger partial charge in [-0.1, -0.05) is 12.2 Å². The first-order chi connectivity index (χ1) is 11.6. The third-order valence-electron chi connectivity index (χ3n) is 3.26. The first kappa shape index (κ1) is 22.7. The summed E-state index contributed by atoms with van der Waals surface area (Å²) in [7, 11) is 1.26. The molecule has 2 amide bonds. The Kier molecular flexibility index (Phi) is 9.56. The van der Waals surface area contributed by atoms with E-state index in [1.54, 1.807) is 33.8 Å². The van der Waals surface area contributed by atoms with E-state index < -0.39 is 35.7 Å². The van der Waals surface area contributed by atoms with Gasteiger partial charge in [0.05, 0.1) is 7.11 Å². The molecule has 0 spiro atoms. The number of alkyl carbamates (subject to hydrolysis) is 1. The average molecular weight is 354 g/mol. The number of esters is 1. The highest BCUT2D eigenvalue weighted by atomic mass is 16.6. The lowest BCUT2D eigenvalue weighted by atomic mass is 10.1. The van der Waals surface area contributed by atoms with E-state index in [9.17, 15) is 14.4 Å². The topological polar surface area (TPSA) is 84.9 Å². The number of rotatable bonds is 9. The van der Waals surface area contributed by atoms with Gasteiger partial charge >= 0.3 is 12.1 Å². The molecule has 0 aromatic carbocycles. The SMILES string of the molecule is C=CCCN(C(=O)[C@H](CC=C)NC(=O)OC(C)(C)C)[C@@H](C)C(=O)OC. The second-order valence-electron chi connectivity index (χ2n) is 6.53. The average Bonchev–Trinajstić information content (AvgIpc) is 2.51. The highest BCUT2D eigenvalue weighted by molar-refractivity contribution is 5.89. The number of ether oxygens (including phenoxy) is 2. The molecule has 0 aromatic rings. The molecule has 142 valence electrons. The summed E-state index contributed by atoms with van der Waals surface area (Å²) < 4.78 is 9.91. The number of carbonyl (C=O) groups is 3. The van der Waals surface area contributed by atoms with Crippen LogP contribution in [0.5, 0.6) is 0 Å². The largest absolute Gasteiger partial charge is 0.467 e. The van der Waals surface area contributed by atoms with Crippen LogP contribution < -0.4 is 5.32 Å². The summed E-state index contributed by atoms with van der Waals surface area (Å²) in [4.78, 5) is 38.1. The number of amides is 2. The number of hydrogen-bond acceptors (Lipinski definition) is 5. The van der Waals surface area contributed by atoms with Crippen molar-refractivity contribution in [1.29, 1.82) is 0 Å². The molecule has 0 fully saturated rings. The highest BCUT2D eigenvalue weighted by Crippen LogP contribution is 2.11. The summed E-state index contributed by atoms with van der Waals surface area (Å²) in [6.45, 7) is 14.3. The molecule has 0 unspecified atom stereocenters. The van der Waals surface area contributed by atoms with Crippen molar-refractivity contribution >= 4 is 18.0 Å². The second kappa shape index (κ2) is 10.5. The molecule has 25 heavy (non-hydrogen) atoms. The Labute approximate surface area is 150 Å². The van der Waals surface area contributed by atoms with Gasteiger partial charge in [-0.15, -0.1) is 13.2 Å². The normalized spacial score (nSPS) is 13.2. The van der Waals surface area contributed by atoms with Crippen molar-refractivity contribution in [1.82, 2.24) is 10.2 Å². The van der Waals surface area contributed by atoms with Crippen molar-refractivity contribution < 1.29 is 23.9 Å². The zero-order chi connectivity index (χ0) is 19.6. The lowest BCUT2D eigenvalue weighted by Gasteiger charge is -2.31. The number of nitrogens with zero attached hydrogens (tertiary/aromatic N) is 1. The Morgan fingerprint density at radius 2 is 1.80 bits per heavy atom. The molecule has 0 radical (unpaired) electrons. The highest BCUT2D eigenvalue weighted by Gasteiger charge is 2.32. The maximum absolute atomic E-state index is 12.9. The first-order valence-electron chi connectivity index (χ1n) is 8.17. The first-order valence-corrected chi connectivity index (χ1v) is 8.17. The van der Waals surface area contributed by atoms with Gasteiger partial charge in [0.25, 0.3) is 0 Å². The number of carbonyl (C=O) groups excluding carboxylic acids is 3. The van der Waals surface area contributed by atoms with Crippen molar-refractivity contribution in [3.05, 3.63) is 25.3 Å². The molecule has 0 bridgehead atoms. The van der Waals surface area contributed by atoms with Crippen LogP contribution in [0, 0.1) is 0 Å². The third-order valence-corrected chi connectivity index (χ3v) is 3.26.